The predicted molar refractivity (Wildman–Crippen MR) is 173 cm³/mol. The van der Waals surface area contributed by atoms with Gasteiger partial charge in [0.05, 0.1) is 88.6 Å². The van der Waals surface area contributed by atoms with Crippen molar-refractivity contribution in [2.75, 3.05) is 93.4 Å². The lowest BCUT2D eigenvalue weighted by Gasteiger charge is -2.25. The largest absolute Gasteiger partial charge is 0.382 e. The summed E-state index contributed by atoms with van der Waals surface area (Å²) in [6.07, 6.45) is 0. The molecule has 12 heteroatoms. The molecule has 0 saturated carbocycles. The Balaban J connectivity index is 1.59. The Bertz CT molecular complexity index is 1210. The van der Waals surface area contributed by atoms with Gasteiger partial charge in [0.2, 0.25) is 0 Å². The van der Waals surface area contributed by atoms with Crippen LogP contribution in [0.4, 0.5) is 0 Å². The topological polar surface area (TPSA) is 96.0 Å². The van der Waals surface area contributed by atoms with E-state index in [1.54, 1.807) is 24.0 Å². The summed E-state index contributed by atoms with van der Waals surface area (Å²) in [5.41, 5.74) is 3.47. The van der Waals surface area contributed by atoms with E-state index in [2.05, 4.69) is 31.9 Å². The van der Waals surface area contributed by atoms with E-state index in [9.17, 15) is 9.59 Å². The van der Waals surface area contributed by atoms with E-state index in [1.165, 1.54) is 0 Å². The first kappa shape index (κ1) is 34.5. The van der Waals surface area contributed by atoms with E-state index in [0.29, 0.717) is 75.4 Å². The quantitative estimate of drug-likeness (QED) is 0.185. The van der Waals surface area contributed by atoms with Crippen molar-refractivity contribution in [1.29, 1.82) is 0 Å². The highest BCUT2D eigenvalue weighted by molar-refractivity contribution is 9.10. The number of hydrogen-bond acceptors (Lipinski definition) is 8. The van der Waals surface area contributed by atoms with Crippen LogP contribution in [0.15, 0.2) is 68.6 Å². The number of benzene rings is 2. The number of carbonyl (C=O) groups is 2. The first-order chi connectivity index (χ1) is 21.5. The van der Waals surface area contributed by atoms with E-state index in [0.717, 1.165) is 20.1 Å². The van der Waals surface area contributed by atoms with Crippen molar-refractivity contribution in [2.45, 2.75) is 0 Å². The van der Waals surface area contributed by atoms with Crippen LogP contribution in [0.2, 0.25) is 0 Å². The Kier molecular flexibility index (Phi) is 14.0. The van der Waals surface area contributed by atoms with Crippen LogP contribution < -0.4 is 0 Å². The minimum Gasteiger partial charge on any atom is -0.382 e. The maximum Gasteiger partial charge on any atom is 0.261 e. The third-order valence-electron chi connectivity index (χ3n) is 6.94. The molecule has 2 aromatic carbocycles. The van der Waals surface area contributed by atoms with Gasteiger partial charge >= 0.3 is 0 Å². The highest BCUT2D eigenvalue weighted by Gasteiger charge is 2.48. The average Bonchev–Trinajstić information content (AvgIpc) is 3.47. The number of hydrogen-bond donors (Lipinski definition) is 0. The first-order valence-electron chi connectivity index (χ1n) is 14.4. The van der Waals surface area contributed by atoms with Crippen molar-refractivity contribution in [2.24, 2.45) is 0 Å². The second-order valence-corrected chi connectivity index (χ2v) is 11.6. The maximum absolute atomic E-state index is 14.2. The van der Waals surface area contributed by atoms with Crippen molar-refractivity contribution in [3.05, 3.63) is 79.7 Å². The Hall–Kier alpha value is -2.42. The summed E-state index contributed by atoms with van der Waals surface area (Å²) in [6.45, 7) is 4.75. The minimum atomic E-state index is -0.237. The molecule has 2 aliphatic rings. The van der Waals surface area contributed by atoms with Gasteiger partial charge in [-0.2, -0.15) is 0 Å². The van der Waals surface area contributed by atoms with Crippen LogP contribution in [0.25, 0.3) is 11.4 Å². The summed E-state index contributed by atoms with van der Waals surface area (Å²) in [4.78, 5) is 31.7. The van der Waals surface area contributed by atoms with Crippen LogP contribution >= 0.6 is 31.9 Å². The molecule has 4 rings (SSSR count). The van der Waals surface area contributed by atoms with Gasteiger partial charge < -0.3 is 38.2 Å². The molecule has 0 aromatic heterocycles. The molecule has 0 saturated heterocycles. The van der Waals surface area contributed by atoms with E-state index < -0.39 is 0 Å². The monoisotopic (exact) mass is 736 g/mol. The average molecular weight is 738 g/mol. The van der Waals surface area contributed by atoms with Crippen LogP contribution in [-0.2, 0) is 38.0 Å². The van der Waals surface area contributed by atoms with Gasteiger partial charge in [-0.05, 0) is 35.4 Å². The highest BCUT2D eigenvalue weighted by atomic mass is 79.9. The summed E-state index contributed by atoms with van der Waals surface area (Å²) in [6, 6.07) is 15.2. The summed E-state index contributed by atoms with van der Waals surface area (Å²) in [5, 5.41) is 0. The molecule has 2 aromatic rings. The number of methoxy groups -OCH3 is 2. The van der Waals surface area contributed by atoms with Crippen molar-refractivity contribution in [3.8, 4) is 0 Å². The van der Waals surface area contributed by atoms with E-state index in [4.69, 9.17) is 28.4 Å². The van der Waals surface area contributed by atoms with Gasteiger partial charge in [0, 0.05) is 36.3 Å². The van der Waals surface area contributed by atoms with Crippen molar-refractivity contribution in [1.82, 2.24) is 9.80 Å². The predicted octanol–water partition coefficient (Wildman–Crippen LogP) is 4.38. The van der Waals surface area contributed by atoms with Crippen LogP contribution in [0.1, 0.15) is 11.1 Å². The molecule has 2 amide bonds. The molecule has 0 unspecified atom stereocenters. The SMILES string of the molecule is COCCOCCOCCN1C(=O)C2=C(c3ccc(Br)cc3)N(CCOCCOCCOC)C(=O)C2=C1c1ccc(Br)cc1. The number of halogens is 2. The lowest BCUT2D eigenvalue weighted by molar-refractivity contribution is -0.124. The molecular weight excluding hydrogens is 700 g/mol. The molecular formula is C32H38Br2N2O8. The zero-order chi connectivity index (χ0) is 31.3. The molecule has 238 valence electrons. The van der Waals surface area contributed by atoms with Gasteiger partial charge in [0.1, 0.15) is 0 Å². The fraction of sp³-hybridized carbons (Fsp3) is 0.438. The third kappa shape index (κ3) is 8.85. The molecule has 0 radical (unpaired) electrons. The summed E-state index contributed by atoms with van der Waals surface area (Å²) < 4.78 is 34.3. The highest BCUT2D eigenvalue weighted by Crippen LogP contribution is 2.46. The molecule has 2 aliphatic heterocycles. The summed E-state index contributed by atoms with van der Waals surface area (Å²) in [7, 11) is 3.25. The number of amides is 2. The fourth-order valence-electron chi connectivity index (χ4n) is 4.88. The molecule has 0 fully saturated rings. The van der Waals surface area contributed by atoms with Crippen LogP contribution in [-0.4, -0.2) is 115 Å². The van der Waals surface area contributed by atoms with Gasteiger partial charge in [-0.25, -0.2) is 0 Å². The summed E-state index contributed by atoms with van der Waals surface area (Å²) in [5.74, 6) is -0.474. The minimum absolute atomic E-state index is 0.237. The standard InChI is InChI=1S/C32H38Br2N2O8/c1-39-15-17-43-21-19-41-13-11-35-29(23-3-7-25(33)8-4-23)27-28(31(35)37)30(24-5-9-26(34)10-6-24)36(32(27)38)12-14-42-20-22-44-18-16-40-2/h3-10H,11-22H2,1-2H3. The molecule has 44 heavy (non-hydrogen) atoms. The zero-order valence-corrected chi connectivity index (χ0v) is 28.2. The van der Waals surface area contributed by atoms with Gasteiger partial charge in [0.25, 0.3) is 11.8 Å². The van der Waals surface area contributed by atoms with Crippen molar-refractivity contribution in [3.63, 3.8) is 0 Å². The Morgan fingerprint density at radius 1 is 0.500 bits per heavy atom. The number of ether oxygens (including phenoxy) is 6. The van der Waals surface area contributed by atoms with Gasteiger partial charge in [0.15, 0.2) is 0 Å². The molecule has 2 heterocycles. The van der Waals surface area contributed by atoms with Crippen LogP contribution in [0.3, 0.4) is 0 Å². The smallest absolute Gasteiger partial charge is 0.261 e. The molecule has 0 bridgehead atoms. The fourth-order valence-corrected chi connectivity index (χ4v) is 5.41. The van der Waals surface area contributed by atoms with E-state index in [-0.39, 0.29) is 38.1 Å². The number of rotatable bonds is 20. The second-order valence-electron chi connectivity index (χ2n) is 9.81. The molecule has 0 spiro atoms. The van der Waals surface area contributed by atoms with Gasteiger partial charge in [-0.3, -0.25) is 9.59 Å². The Labute approximate surface area is 275 Å². The van der Waals surface area contributed by atoms with E-state index >= 15 is 0 Å². The van der Waals surface area contributed by atoms with Crippen LogP contribution in [0.5, 0.6) is 0 Å². The molecule has 0 N–H and O–H groups in total. The molecule has 0 atom stereocenters. The van der Waals surface area contributed by atoms with Gasteiger partial charge in [-0.15, -0.1) is 0 Å². The van der Waals surface area contributed by atoms with Crippen LogP contribution in [0, 0.1) is 0 Å². The number of nitrogens with zero attached hydrogens (tertiary/aromatic N) is 2. The second kappa shape index (κ2) is 17.9. The number of fused-ring (bicyclic) bond motifs is 1. The zero-order valence-electron chi connectivity index (χ0n) is 25.0. The Morgan fingerprint density at radius 2 is 0.818 bits per heavy atom. The molecule has 10 nitrogen and oxygen atoms in total. The van der Waals surface area contributed by atoms with E-state index in [1.807, 2.05) is 48.5 Å². The third-order valence-corrected chi connectivity index (χ3v) is 8.00. The molecule has 0 aliphatic carbocycles. The van der Waals surface area contributed by atoms with Crippen molar-refractivity contribution < 1.29 is 38.0 Å². The van der Waals surface area contributed by atoms with Gasteiger partial charge in [-0.1, -0.05) is 56.1 Å². The van der Waals surface area contributed by atoms with Crippen molar-refractivity contribution >= 4 is 55.1 Å². The maximum atomic E-state index is 14.2. The first-order valence-corrected chi connectivity index (χ1v) is 16.0. The Morgan fingerprint density at radius 3 is 1.16 bits per heavy atom. The lowest BCUT2D eigenvalue weighted by atomic mass is 10.0. The summed E-state index contributed by atoms with van der Waals surface area (Å²) >= 11 is 6.98. The normalized spacial score (nSPS) is 14.9. The lowest BCUT2D eigenvalue weighted by Crippen LogP contribution is -2.33. The number of carbonyl (C=O) groups excluding carboxylic acids is 2.